The van der Waals surface area contributed by atoms with Gasteiger partial charge in [-0.05, 0) is 32.1 Å². The summed E-state index contributed by atoms with van der Waals surface area (Å²) in [5, 5.41) is 3.25. The fraction of sp³-hybridized carbons (Fsp3) is 0.944. The third kappa shape index (κ3) is 6.66. The van der Waals surface area contributed by atoms with Gasteiger partial charge in [-0.1, -0.05) is 34.6 Å². The first-order valence-corrected chi connectivity index (χ1v) is 9.22. The Balaban J connectivity index is 0. The Hall–Kier alpha value is -0.610. The zero-order chi connectivity index (χ0) is 17.0. The minimum Gasteiger partial charge on any atom is -0.383 e. The molecule has 0 bridgehead atoms. The van der Waals surface area contributed by atoms with E-state index in [9.17, 15) is 4.79 Å². The molecule has 0 atom stereocenters. The highest BCUT2D eigenvalue weighted by Crippen LogP contribution is 2.48. The zero-order valence-corrected chi connectivity index (χ0v) is 15.7. The van der Waals surface area contributed by atoms with Crippen LogP contribution in [0.25, 0.3) is 0 Å². The molecule has 2 aliphatic rings. The van der Waals surface area contributed by atoms with E-state index in [0.717, 1.165) is 58.3 Å². The lowest BCUT2D eigenvalue weighted by atomic mass is 9.99. The number of nitrogens with zero attached hydrogens (tertiary/aromatic N) is 1. The monoisotopic (exact) mass is 316 g/mol. The first-order valence-electron chi connectivity index (χ1n) is 9.22. The van der Waals surface area contributed by atoms with Gasteiger partial charge in [0.05, 0.1) is 6.61 Å². The number of methoxy groups -OCH3 is 1. The van der Waals surface area contributed by atoms with Crippen molar-refractivity contribution in [1.82, 2.24) is 10.2 Å². The van der Waals surface area contributed by atoms with Gasteiger partial charge in [0.1, 0.15) is 0 Å². The number of carbonyl (C=O) groups excluding carboxylic acids is 1. The summed E-state index contributed by atoms with van der Waals surface area (Å²) in [7, 11) is 1.74. The van der Waals surface area contributed by atoms with E-state index >= 15 is 0 Å². The maximum atomic E-state index is 12.1. The number of hydrogen-bond donors (Lipinski definition) is 1. The summed E-state index contributed by atoms with van der Waals surface area (Å²) in [6, 6.07) is 0.389. The molecule has 4 heteroatoms. The molecule has 0 radical (unpaired) electrons. The van der Waals surface area contributed by atoms with E-state index in [1.165, 1.54) is 0 Å². The molecule has 1 heterocycles. The second kappa shape index (κ2) is 11.9. The third-order valence-electron chi connectivity index (χ3n) is 4.55. The van der Waals surface area contributed by atoms with Crippen molar-refractivity contribution in [1.29, 1.82) is 0 Å². The summed E-state index contributed by atoms with van der Waals surface area (Å²) in [6.45, 7) is 14.1. The highest BCUT2D eigenvalue weighted by molar-refractivity contribution is 5.85. The van der Waals surface area contributed by atoms with Gasteiger partial charge in [-0.3, -0.25) is 4.79 Å². The van der Waals surface area contributed by atoms with Gasteiger partial charge in [-0.2, -0.15) is 0 Å². The number of hydrogen-bond acceptors (Lipinski definition) is 3. The summed E-state index contributed by atoms with van der Waals surface area (Å²) >= 11 is 0. The minimum atomic E-state index is 0. The number of ether oxygens (including phenoxy) is 1. The highest BCUT2D eigenvalue weighted by atomic mass is 16.5. The van der Waals surface area contributed by atoms with Crippen LogP contribution >= 0.6 is 0 Å². The van der Waals surface area contributed by atoms with Gasteiger partial charge in [0.25, 0.3) is 0 Å². The topological polar surface area (TPSA) is 41.6 Å². The molecule has 1 amide bonds. The van der Waals surface area contributed by atoms with Gasteiger partial charge in [0, 0.05) is 39.6 Å². The Morgan fingerprint density at radius 3 is 2.18 bits per heavy atom. The molecule has 1 aliphatic carbocycles. The molecule has 0 aromatic rings. The van der Waals surface area contributed by atoms with Gasteiger partial charge >= 0.3 is 0 Å². The van der Waals surface area contributed by atoms with Crippen LogP contribution in [0.3, 0.4) is 0 Å². The third-order valence-corrected chi connectivity index (χ3v) is 4.55. The maximum Gasteiger partial charge on any atom is 0.226 e. The summed E-state index contributed by atoms with van der Waals surface area (Å²) < 4.78 is 5.09. The SMILES string of the molecule is CC.CC.CCC1(C(=O)NC2CCN(CCOC)CC2)CC1.[HH]. The molecule has 1 N–H and O–H groups in total. The van der Waals surface area contributed by atoms with E-state index in [1.807, 2.05) is 27.7 Å². The second-order valence-corrected chi connectivity index (χ2v) is 5.72. The van der Waals surface area contributed by atoms with E-state index < -0.39 is 0 Å². The molecule has 0 spiro atoms. The minimum absolute atomic E-state index is 0. The number of amides is 1. The lowest BCUT2D eigenvalue weighted by Crippen LogP contribution is -2.47. The smallest absolute Gasteiger partial charge is 0.226 e. The number of rotatable bonds is 6. The molecule has 2 rings (SSSR count). The summed E-state index contributed by atoms with van der Waals surface area (Å²) in [4.78, 5) is 14.6. The van der Waals surface area contributed by atoms with Crippen molar-refractivity contribution in [2.24, 2.45) is 5.41 Å². The normalized spacial score (nSPS) is 20.1. The van der Waals surface area contributed by atoms with Gasteiger partial charge < -0.3 is 15.0 Å². The van der Waals surface area contributed by atoms with Crippen molar-refractivity contribution in [3.05, 3.63) is 0 Å². The van der Waals surface area contributed by atoms with E-state index in [0.29, 0.717) is 11.9 Å². The molecular weight excluding hydrogens is 276 g/mol. The quantitative estimate of drug-likeness (QED) is 0.812. The Bertz CT molecular complexity index is 289. The van der Waals surface area contributed by atoms with Crippen LogP contribution in [0, 0.1) is 5.41 Å². The molecule has 4 nitrogen and oxygen atoms in total. The average Bonchev–Trinajstić information content (AvgIpc) is 3.39. The fourth-order valence-corrected chi connectivity index (χ4v) is 2.75. The van der Waals surface area contributed by atoms with Crippen LogP contribution in [-0.4, -0.2) is 50.2 Å². The molecule has 0 aromatic heterocycles. The lowest BCUT2D eigenvalue weighted by molar-refractivity contribution is -0.127. The van der Waals surface area contributed by atoms with Crippen LogP contribution in [0.2, 0.25) is 0 Å². The van der Waals surface area contributed by atoms with Crippen LogP contribution in [0.4, 0.5) is 0 Å². The number of carbonyl (C=O) groups is 1. The van der Waals surface area contributed by atoms with Crippen LogP contribution in [0.5, 0.6) is 0 Å². The Morgan fingerprint density at radius 1 is 1.23 bits per heavy atom. The zero-order valence-electron chi connectivity index (χ0n) is 15.7. The molecule has 1 aliphatic heterocycles. The van der Waals surface area contributed by atoms with Crippen molar-refractivity contribution in [3.8, 4) is 0 Å². The summed E-state index contributed by atoms with van der Waals surface area (Å²) in [5.41, 5.74) is 0.00713. The van der Waals surface area contributed by atoms with Crippen molar-refractivity contribution >= 4 is 5.91 Å². The number of nitrogens with one attached hydrogen (secondary N) is 1. The standard InChI is InChI=1S/C14H26N2O2.2C2H6.H2/c1-3-14(6-7-14)13(17)15-12-4-8-16(9-5-12)10-11-18-2;2*1-2;/h12H,3-11H2,1-2H3,(H,15,17);2*1-2H3;1H. The Morgan fingerprint density at radius 2 is 1.77 bits per heavy atom. The number of piperidine rings is 1. The van der Waals surface area contributed by atoms with E-state index in [-0.39, 0.29) is 6.84 Å². The molecule has 1 saturated heterocycles. The largest absolute Gasteiger partial charge is 0.383 e. The summed E-state index contributed by atoms with van der Waals surface area (Å²) in [6.07, 6.45) is 5.32. The molecular formula is C18H40N2O2. The van der Waals surface area contributed by atoms with Gasteiger partial charge in [0.2, 0.25) is 5.91 Å². The van der Waals surface area contributed by atoms with Crippen LogP contribution in [0.1, 0.15) is 68.1 Å². The summed E-state index contributed by atoms with van der Waals surface area (Å²) in [5.74, 6) is 0.306. The average molecular weight is 317 g/mol. The first kappa shape index (κ1) is 21.4. The van der Waals surface area contributed by atoms with Crippen LogP contribution in [0.15, 0.2) is 0 Å². The molecule has 22 heavy (non-hydrogen) atoms. The van der Waals surface area contributed by atoms with E-state index in [2.05, 4.69) is 17.1 Å². The Labute approximate surface area is 139 Å². The highest BCUT2D eigenvalue weighted by Gasteiger charge is 2.48. The maximum absolute atomic E-state index is 12.1. The van der Waals surface area contributed by atoms with Gasteiger partial charge in [0.15, 0.2) is 0 Å². The Kier molecular flexibility index (Phi) is 11.6. The molecule has 2 fully saturated rings. The predicted octanol–water partition coefficient (Wildman–Crippen LogP) is 3.70. The molecule has 0 aromatic carbocycles. The van der Waals surface area contributed by atoms with Gasteiger partial charge in [-0.25, -0.2) is 0 Å². The lowest BCUT2D eigenvalue weighted by Gasteiger charge is -2.32. The fourth-order valence-electron chi connectivity index (χ4n) is 2.75. The van der Waals surface area contributed by atoms with Crippen LogP contribution < -0.4 is 5.32 Å². The molecule has 0 unspecified atom stereocenters. The van der Waals surface area contributed by atoms with E-state index in [1.54, 1.807) is 7.11 Å². The van der Waals surface area contributed by atoms with Gasteiger partial charge in [-0.15, -0.1) is 0 Å². The second-order valence-electron chi connectivity index (χ2n) is 5.72. The van der Waals surface area contributed by atoms with E-state index in [4.69, 9.17) is 4.74 Å². The predicted molar refractivity (Wildman–Crippen MR) is 96.2 cm³/mol. The van der Waals surface area contributed by atoms with Crippen LogP contribution in [-0.2, 0) is 9.53 Å². The van der Waals surface area contributed by atoms with Crippen molar-refractivity contribution < 1.29 is 11.0 Å². The van der Waals surface area contributed by atoms with Crippen molar-refractivity contribution in [3.63, 3.8) is 0 Å². The molecule has 134 valence electrons. The van der Waals surface area contributed by atoms with Crippen molar-refractivity contribution in [2.45, 2.75) is 72.8 Å². The number of likely N-dealkylation sites (tertiary alicyclic amines) is 1. The molecule has 1 saturated carbocycles. The first-order chi connectivity index (χ1) is 10.7. The van der Waals surface area contributed by atoms with Crippen molar-refractivity contribution in [2.75, 3.05) is 33.4 Å².